The second kappa shape index (κ2) is 13.5. The average Bonchev–Trinajstić information content (AvgIpc) is 2.92. The minimum Gasteiger partial charge on any atom is -0.467 e. The number of hydrogen-bond donors (Lipinski definition) is 2. The number of nitrogens with one attached hydrogen (secondary N) is 2. The van der Waals surface area contributed by atoms with Gasteiger partial charge in [-0.25, -0.2) is 9.59 Å². The zero-order valence-corrected chi connectivity index (χ0v) is 21.7. The highest BCUT2D eigenvalue weighted by Crippen LogP contribution is 2.12. The molecule has 186 valence electrons. The lowest BCUT2D eigenvalue weighted by molar-refractivity contribution is -0.143. The van der Waals surface area contributed by atoms with Gasteiger partial charge in [0.2, 0.25) is 0 Å². The van der Waals surface area contributed by atoms with Crippen molar-refractivity contribution in [3.63, 3.8) is 0 Å². The number of rotatable bonds is 10. The Morgan fingerprint density at radius 3 is 1.42 bits per heavy atom. The van der Waals surface area contributed by atoms with Gasteiger partial charge in [-0.05, 0) is 17.2 Å². The minimum absolute atomic E-state index is 0.389. The SMILES string of the molecule is COC(=O)[C@H](Cc1ccccc1)NC(=S)c1cccc(C(=S)N[C@@H](Cc2ccccc2)C(=O)OC)c1. The van der Waals surface area contributed by atoms with Crippen LogP contribution in [0.15, 0.2) is 84.9 Å². The Morgan fingerprint density at radius 1 is 0.667 bits per heavy atom. The fourth-order valence-corrected chi connectivity index (χ4v) is 4.19. The van der Waals surface area contributed by atoms with Crippen molar-refractivity contribution in [1.82, 2.24) is 10.6 Å². The monoisotopic (exact) mass is 520 g/mol. The molecule has 0 bridgehead atoms. The lowest BCUT2D eigenvalue weighted by atomic mass is 10.0. The van der Waals surface area contributed by atoms with Crippen LogP contribution in [0.5, 0.6) is 0 Å². The number of carbonyl (C=O) groups excluding carboxylic acids is 2. The molecule has 2 atom stereocenters. The van der Waals surface area contributed by atoms with Gasteiger partial charge in [-0.15, -0.1) is 0 Å². The number of carbonyl (C=O) groups is 2. The number of esters is 2. The lowest BCUT2D eigenvalue weighted by Crippen LogP contribution is -2.43. The Balaban J connectivity index is 1.73. The van der Waals surface area contributed by atoms with E-state index < -0.39 is 24.0 Å². The quantitative estimate of drug-likeness (QED) is 0.309. The molecule has 0 saturated carbocycles. The first-order valence-corrected chi connectivity index (χ1v) is 12.2. The normalized spacial score (nSPS) is 12.1. The van der Waals surface area contributed by atoms with Crippen molar-refractivity contribution < 1.29 is 19.1 Å². The van der Waals surface area contributed by atoms with Crippen LogP contribution in [-0.4, -0.2) is 48.2 Å². The number of benzene rings is 3. The van der Waals surface area contributed by atoms with Crippen molar-refractivity contribution in [2.24, 2.45) is 0 Å². The Labute approximate surface area is 222 Å². The molecule has 3 rings (SSSR count). The third-order valence-corrected chi connectivity index (χ3v) is 6.24. The molecule has 0 saturated heterocycles. The number of hydrogen-bond acceptors (Lipinski definition) is 6. The number of thiocarbonyl (C=S) groups is 2. The van der Waals surface area contributed by atoms with Crippen LogP contribution in [0.2, 0.25) is 0 Å². The molecule has 0 fully saturated rings. The maximum atomic E-state index is 12.4. The lowest BCUT2D eigenvalue weighted by Gasteiger charge is -2.20. The van der Waals surface area contributed by atoms with Crippen molar-refractivity contribution in [3.8, 4) is 0 Å². The summed E-state index contributed by atoms with van der Waals surface area (Å²) in [5.41, 5.74) is 3.33. The van der Waals surface area contributed by atoms with Gasteiger partial charge in [-0.1, -0.05) is 103 Å². The van der Waals surface area contributed by atoms with Crippen molar-refractivity contribution in [1.29, 1.82) is 0 Å². The van der Waals surface area contributed by atoms with Gasteiger partial charge in [-0.2, -0.15) is 0 Å². The van der Waals surface area contributed by atoms with Gasteiger partial charge in [0.1, 0.15) is 22.1 Å². The van der Waals surface area contributed by atoms with E-state index in [0.29, 0.717) is 33.9 Å². The predicted molar refractivity (Wildman–Crippen MR) is 148 cm³/mol. The zero-order valence-electron chi connectivity index (χ0n) is 20.1. The Kier molecular flexibility index (Phi) is 10.1. The van der Waals surface area contributed by atoms with Gasteiger partial charge < -0.3 is 20.1 Å². The first-order chi connectivity index (χ1) is 17.4. The molecular weight excluding hydrogens is 492 g/mol. The Bertz CT molecular complexity index is 1110. The van der Waals surface area contributed by atoms with Crippen molar-refractivity contribution in [2.75, 3.05) is 14.2 Å². The summed E-state index contributed by atoms with van der Waals surface area (Å²) in [6, 6.07) is 25.3. The van der Waals surface area contributed by atoms with Crippen LogP contribution in [0.3, 0.4) is 0 Å². The van der Waals surface area contributed by atoms with E-state index in [-0.39, 0.29) is 0 Å². The van der Waals surface area contributed by atoms with Crippen LogP contribution in [0.4, 0.5) is 0 Å². The summed E-state index contributed by atoms with van der Waals surface area (Å²) in [4.78, 5) is 25.6. The van der Waals surface area contributed by atoms with Gasteiger partial charge in [0.25, 0.3) is 0 Å². The highest BCUT2D eigenvalue weighted by atomic mass is 32.1. The largest absolute Gasteiger partial charge is 0.467 e. The summed E-state index contributed by atoms with van der Waals surface area (Å²) in [6.45, 7) is 0. The molecule has 0 spiro atoms. The van der Waals surface area contributed by atoms with Crippen LogP contribution < -0.4 is 10.6 Å². The third kappa shape index (κ3) is 7.69. The standard InChI is InChI=1S/C28H28N2O4S2/c1-33-27(31)23(16-19-10-5-3-6-11-19)29-25(35)21-14-9-15-22(18-21)26(36)30-24(28(32)34-2)17-20-12-7-4-8-13-20/h3-15,18,23-24H,16-17H2,1-2H3,(H,29,35)(H,30,36)/t23-,24-/m0/s1. The number of ether oxygens (including phenoxy) is 2. The molecule has 6 nitrogen and oxygen atoms in total. The summed E-state index contributed by atoms with van der Waals surface area (Å²) in [5.74, 6) is -0.812. The van der Waals surface area contributed by atoms with Crippen LogP contribution in [-0.2, 0) is 31.9 Å². The van der Waals surface area contributed by atoms with Crippen LogP contribution in [0, 0.1) is 0 Å². The summed E-state index contributed by atoms with van der Waals surface area (Å²) < 4.78 is 9.95. The third-order valence-electron chi connectivity index (χ3n) is 5.53. The first-order valence-electron chi connectivity index (χ1n) is 11.4. The molecule has 8 heteroatoms. The van der Waals surface area contributed by atoms with Crippen molar-refractivity contribution in [2.45, 2.75) is 24.9 Å². The zero-order chi connectivity index (χ0) is 25.9. The molecule has 0 aliphatic rings. The molecular formula is C28H28N2O4S2. The van der Waals surface area contributed by atoms with Crippen molar-refractivity contribution >= 4 is 46.4 Å². The van der Waals surface area contributed by atoms with Gasteiger partial charge >= 0.3 is 11.9 Å². The molecule has 36 heavy (non-hydrogen) atoms. The summed E-state index contributed by atoms with van der Waals surface area (Å²) in [6.07, 6.45) is 0.848. The highest BCUT2D eigenvalue weighted by Gasteiger charge is 2.23. The molecule has 0 amide bonds. The second-order valence-corrected chi connectivity index (χ2v) is 8.88. The van der Waals surface area contributed by atoms with Gasteiger partial charge in [0.05, 0.1) is 14.2 Å². The van der Waals surface area contributed by atoms with Gasteiger partial charge in [-0.3, -0.25) is 0 Å². The molecule has 0 heterocycles. The van der Waals surface area contributed by atoms with Crippen LogP contribution in [0.1, 0.15) is 22.3 Å². The first kappa shape index (κ1) is 27.0. The molecule has 0 aromatic heterocycles. The smallest absolute Gasteiger partial charge is 0.328 e. The predicted octanol–water partition coefficient (Wildman–Crippen LogP) is 3.79. The van der Waals surface area contributed by atoms with E-state index in [4.69, 9.17) is 33.9 Å². The Hall–Kier alpha value is -3.62. The molecule has 0 aliphatic heterocycles. The molecule has 0 radical (unpaired) electrons. The molecule has 0 aliphatic carbocycles. The fraction of sp³-hybridized carbons (Fsp3) is 0.214. The molecule has 0 unspecified atom stereocenters. The molecule has 3 aromatic carbocycles. The van der Waals surface area contributed by atoms with E-state index in [1.54, 1.807) is 0 Å². The van der Waals surface area contributed by atoms with E-state index in [1.807, 2.05) is 84.9 Å². The maximum Gasteiger partial charge on any atom is 0.328 e. The summed E-state index contributed by atoms with van der Waals surface area (Å²) in [5, 5.41) is 6.24. The number of methoxy groups -OCH3 is 2. The van der Waals surface area contributed by atoms with E-state index in [1.165, 1.54) is 14.2 Å². The van der Waals surface area contributed by atoms with Gasteiger partial charge in [0, 0.05) is 24.0 Å². The van der Waals surface area contributed by atoms with Crippen LogP contribution >= 0.6 is 24.4 Å². The topological polar surface area (TPSA) is 76.7 Å². The fourth-order valence-electron chi connectivity index (χ4n) is 3.66. The summed E-state index contributed by atoms with van der Waals surface area (Å²) >= 11 is 11.2. The van der Waals surface area contributed by atoms with Crippen molar-refractivity contribution in [3.05, 3.63) is 107 Å². The van der Waals surface area contributed by atoms with Crippen LogP contribution in [0.25, 0.3) is 0 Å². The average molecular weight is 521 g/mol. The highest BCUT2D eigenvalue weighted by molar-refractivity contribution is 7.81. The second-order valence-electron chi connectivity index (χ2n) is 8.06. The van der Waals surface area contributed by atoms with E-state index in [2.05, 4.69) is 10.6 Å². The van der Waals surface area contributed by atoms with E-state index in [0.717, 1.165) is 11.1 Å². The summed E-state index contributed by atoms with van der Waals surface area (Å²) in [7, 11) is 2.70. The minimum atomic E-state index is -0.645. The molecule has 2 N–H and O–H groups in total. The van der Waals surface area contributed by atoms with E-state index >= 15 is 0 Å². The maximum absolute atomic E-state index is 12.4. The molecule has 3 aromatic rings. The van der Waals surface area contributed by atoms with Gasteiger partial charge in [0.15, 0.2) is 0 Å². The van der Waals surface area contributed by atoms with E-state index in [9.17, 15) is 9.59 Å². The Morgan fingerprint density at radius 2 is 1.06 bits per heavy atom.